The van der Waals surface area contributed by atoms with E-state index in [2.05, 4.69) is 41.5 Å². The molecule has 0 nitrogen and oxygen atoms in total. The molecule has 0 aliphatic rings. The van der Waals surface area contributed by atoms with E-state index in [1.54, 1.807) is 0 Å². The molecule has 0 fully saturated rings. The lowest BCUT2D eigenvalue weighted by atomic mass is 9.87. The SMILES string of the molecule is CCCCCC(C)C(C)CCCCCCCCCCCCCCC(C)C(C)C. The first-order valence-electron chi connectivity index (χ1n) is 13.5. The molecule has 0 rings (SSSR count). The highest BCUT2D eigenvalue weighted by Gasteiger charge is 2.11. The van der Waals surface area contributed by atoms with Crippen molar-refractivity contribution in [2.24, 2.45) is 23.7 Å². The van der Waals surface area contributed by atoms with Crippen LogP contribution in [-0.4, -0.2) is 0 Å². The summed E-state index contributed by atoms with van der Waals surface area (Å²) in [6, 6.07) is 0. The van der Waals surface area contributed by atoms with Crippen molar-refractivity contribution in [2.75, 3.05) is 0 Å². The van der Waals surface area contributed by atoms with E-state index in [0.29, 0.717) is 0 Å². The molecule has 28 heavy (non-hydrogen) atoms. The zero-order valence-corrected chi connectivity index (χ0v) is 21.0. The Kier molecular flexibility index (Phi) is 20.3. The Bertz CT molecular complexity index is 292. The standard InChI is InChI=1S/C28H58/c1-7-8-19-23-27(5)28(6)24-21-18-16-14-12-10-9-11-13-15-17-20-22-26(4)25(2)3/h25-28H,7-24H2,1-6H3. The fraction of sp³-hybridized carbons (Fsp3) is 1.00. The largest absolute Gasteiger partial charge is 0.0654 e. The van der Waals surface area contributed by atoms with Gasteiger partial charge in [0.1, 0.15) is 0 Å². The average Bonchev–Trinajstić information content (AvgIpc) is 2.67. The maximum atomic E-state index is 2.49. The van der Waals surface area contributed by atoms with Crippen molar-refractivity contribution in [1.29, 1.82) is 0 Å². The zero-order valence-electron chi connectivity index (χ0n) is 21.0. The van der Waals surface area contributed by atoms with Crippen molar-refractivity contribution in [3.8, 4) is 0 Å². The van der Waals surface area contributed by atoms with Crippen LogP contribution in [0.15, 0.2) is 0 Å². The second kappa shape index (κ2) is 20.3. The molecule has 3 atom stereocenters. The van der Waals surface area contributed by atoms with Gasteiger partial charge in [0.15, 0.2) is 0 Å². The van der Waals surface area contributed by atoms with E-state index < -0.39 is 0 Å². The minimum absolute atomic E-state index is 0.863. The lowest BCUT2D eigenvalue weighted by molar-refractivity contribution is 0.323. The van der Waals surface area contributed by atoms with E-state index in [1.807, 2.05) is 0 Å². The van der Waals surface area contributed by atoms with Gasteiger partial charge < -0.3 is 0 Å². The fourth-order valence-corrected chi connectivity index (χ4v) is 4.32. The molecular weight excluding hydrogens is 336 g/mol. The summed E-state index contributed by atoms with van der Waals surface area (Å²) in [4.78, 5) is 0. The van der Waals surface area contributed by atoms with Crippen LogP contribution in [0.2, 0.25) is 0 Å². The van der Waals surface area contributed by atoms with E-state index in [-0.39, 0.29) is 0 Å². The first-order valence-corrected chi connectivity index (χ1v) is 13.5. The van der Waals surface area contributed by atoms with E-state index in [1.165, 1.54) is 116 Å². The quantitative estimate of drug-likeness (QED) is 0.170. The van der Waals surface area contributed by atoms with E-state index in [4.69, 9.17) is 0 Å². The minimum Gasteiger partial charge on any atom is -0.0654 e. The maximum absolute atomic E-state index is 2.49. The minimum atomic E-state index is 0.863. The van der Waals surface area contributed by atoms with Gasteiger partial charge in [0, 0.05) is 0 Å². The first kappa shape index (κ1) is 28.0. The third kappa shape index (κ3) is 18.1. The molecule has 0 N–H and O–H groups in total. The van der Waals surface area contributed by atoms with Crippen LogP contribution in [0.25, 0.3) is 0 Å². The van der Waals surface area contributed by atoms with Crippen LogP contribution >= 0.6 is 0 Å². The van der Waals surface area contributed by atoms with Crippen molar-refractivity contribution < 1.29 is 0 Å². The van der Waals surface area contributed by atoms with Crippen LogP contribution in [0.4, 0.5) is 0 Å². The zero-order chi connectivity index (χ0) is 21.0. The molecule has 0 aliphatic carbocycles. The Morgan fingerprint density at radius 3 is 0.964 bits per heavy atom. The number of rotatable bonds is 21. The molecule has 0 radical (unpaired) electrons. The van der Waals surface area contributed by atoms with Crippen LogP contribution in [0.1, 0.15) is 157 Å². The molecule has 0 aromatic heterocycles. The highest BCUT2D eigenvalue weighted by molar-refractivity contribution is 4.63. The van der Waals surface area contributed by atoms with Gasteiger partial charge in [-0.2, -0.15) is 0 Å². The van der Waals surface area contributed by atoms with Gasteiger partial charge in [0.25, 0.3) is 0 Å². The Morgan fingerprint density at radius 1 is 0.357 bits per heavy atom. The van der Waals surface area contributed by atoms with Gasteiger partial charge in [-0.15, -0.1) is 0 Å². The van der Waals surface area contributed by atoms with Gasteiger partial charge in [0.2, 0.25) is 0 Å². The lowest BCUT2D eigenvalue weighted by Crippen LogP contribution is -2.08. The van der Waals surface area contributed by atoms with Crippen LogP contribution in [0.3, 0.4) is 0 Å². The van der Waals surface area contributed by atoms with Crippen molar-refractivity contribution in [1.82, 2.24) is 0 Å². The number of hydrogen-bond donors (Lipinski definition) is 0. The predicted molar refractivity (Wildman–Crippen MR) is 131 cm³/mol. The van der Waals surface area contributed by atoms with Gasteiger partial charge in [-0.05, 0) is 23.7 Å². The Balaban J connectivity index is 3.25. The summed E-state index contributed by atoms with van der Waals surface area (Å²) in [7, 11) is 0. The molecule has 0 aromatic carbocycles. The monoisotopic (exact) mass is 394 g/mol. The van der Waals surface area contributed by atoms with Crippen LogP contribution in [-0.2, 0) is 0 Å². The predicted octanol–water partition coefficient (Wildman–Crippen LogP) is 10.6. The smallest absolute Gasteiger partial charge is 0.0417 e. The summed E-state index contributed by atoms with van der Waals surface area (Å²) in [6.07, 6.45) is 26.3. The summed E-state index contributed by atoms with van der Waals surface area (Å²) < 4.78 is 0. The van der Waals surface area contributed by atoms with Crippen LogP contribution < -0.4 is 0 Å². The highest BCUT2D eigenvalue weighted by atomic mass is 14.2. The summed E-state index contributed by atoms with van der Waals surface area (Å²) >= 11 is 0. The molecule has 0 aliphatic heterocycles. The van der Waals surface area contributed by atoms with Gasteiger partial charge in [-0.1, -0.05) is 157 Å². The molecular formula is C28H58. The van der Waals surface area contributed by atoms with Crippen molar-refractivity contribution in [2.45, 2.75) is 157 Å². The topological polar surface area (TPSA) is 0 Å². The lowest BCUT2D eigenvalue weighted by Gasteiger charge is -2.19. The Morgan fingerprint density at radius 2 is 0.643 bits per heavy atom. The van der Waals surface area contributed by atoms with E-state index in [9.17, 15) is 0 Å². The first-order chi connectivity index (χ1) is 13.5. The van der Waals surface area contributed by atoms with Crippen molar-refractivity contribution in [3.05, 3.63) is 0 Å². The fourth-order valence-electron chi connectivity index (χ4n) is 4.32. The van der Waals surface area contributed by atoms with Gasteiger partial charge >= 0.3 is 0 Å². The normalized spacial score (nSPS) is 15.1. The Labute approximate surface area is 181 Å². The van der Waals surface area contributed by atoms with Gasteiger partial charge in [-0.3, -0.25) is 0 Å². The molecule has 0 aromatic rings. The van der Waals surface area contributed by atoms with Gasteiger partial charge in [0.05, 0.1) is 0 Å². The summed E-state index contributed by atoms with van der Waals surface area (Å²) in [6.45, 7) is 14.4. The second-order valence-corrected chi connectivity index (χ2v) is 10.5. The third-order valence-corrected chi connectivity index (χ3v) is 7.44. The molecule has 0 bridgehead atoms. The third-order valence-electron chi connectivity index (χ3n) is 7.44. The molecule has 0 spiro atoms. The summed E-state index contributed by atoms with van der Waals surface area (Å²) in [5.74, 6) is 3.65. The second-order valence-electron chi connectivity index (χ2n) is 10.5. The van der Waals surface area contributed by atoms with E-state index in [0.717, 1.165) is 23.7 Å². The molecule has 0 heterocycles. The Hall–Kier alpha value is 0. The van der Waals surface area contributed by atoms with E-state index >= 15 is 0 Å². The van der Waals surface area contributed by atoms with Crippen LogP contribution in [0, 0.1) is 23.7 Å². The van der Waals surface area contributed by atoms with Crippen LogP contribution in [0.5, 0.6) is 0 Å². The number of hydrogen-bond acceptors (Lipinski definition) is 0. The highest BCUT2D eigenvalue weighted by Crippen LogP contribution is 2.24. The summed E-state index contributed by atoms with van der Waals surface area (Å²) in [5.41, 5.74) is 0. The summed E-state index contributed by atoms with van der Waals surface area (Å²) in [5, 5.41) is 0. The number of unbranched alkanes of at least 4 members (excludes halogenated alkanes) is 13. The molecule has 0 saturated carbocycles. The average molecular weight is 395 g/mol. The molecule has 3 unspecified atom stereocenters. The van der Waals surface area contributed by atoms with Crippen molar-refractivity contribution in [3.63, 3.8) is 0 Å². The molecule has 0 saturated heterocycles. The maximum Gasteiger partial charge on any atom is -0.0417 e. The molecule has 0 amide bonds. The van der Waals surface area contributed by atoms with Gasteiger partial charge in [-0.25, -0.2) is 0 Å². The molecule has 0 heteroatoms. The van der Waals surface area contributed by atoms with Crippen molar-refractivity contribution >= 4 is 0 Å². The molecule has 170 valence electrons.